The van der Waals surface area contributed by atoms with Gasteiger partial charge in [0.25, 0.3) is 5.91 Å². The monoisotopic (exact) mass is 232 g/mol. The van der Waals surface area contributed by atoms with Gasteiger partial charge in [-0.3, -0.25) is 4.79 Å². The Labute approximate surface area is 101 Å². The molecule has 0 spiro atoms. The van der Waals surface area contributed by atoms with Crippen molar-refractivity contribution in [3.8, 4) is 11.8 Å². The number of nitrogens with zero attached hydrogens (tertiary/aromatic N) is 2. The van der Waals surface area contributed by atoms with Crippen molar-refractivity contribution in [3.05, 3.63) is 29.3 Å². The molecule has 0 heterocycles. The smallest absolute Gasteiger partial charge is 0.254 e. The van der Waals surface area contributed by atoms with Crippen molar-refractivity contribution in [1.82, 2.24) is 4.90 Å². The Bertz CT molecular complexity index is 449. The molecule has 90 valence electrons. The lowest BCUT2D eigenvalue weighted by molar-refractivity contribution is 0.0766. The molecule has 0 aliphatic carbocycles. The molecule has 0 radical (unpaired) electrons. The maximum atomic E-state index is 12.2. The van der Waals surface area contributed by atoms with Gasteiger partial charge in [0.2, 0.25) is 0 Å². The van der Waals surface area contributed by atoms with E-state index in [1.807, 2.05) is 13.0 Å². The normalized spacial score (nSPS) is 9.71. The molecule has 4 heteroatoms. The molecule has 17 heavy (non-hydrogen) atoms. The highest BCUT2D eigenvalue weighted by atomic mass is 16.3. The van der Waals surface area contributed by atoms with E-state index in [4.69, 9.17) is 5.26 Å². The van der Waals surface area contributed by atoms with E-state index in [1.165, 1.54) is 0 Å². The zero-order chi connectivity index (χ0) is 12.8. The number of carbonyl (C=O) groups excluding carboxylic acids is 1. The molecule has 1 amide bonds. The molecular weight excluding hydrogens is 216 g/mol. The highest BCUT2D eigenvalue weighted by Gasteiger charge is 2.16. The molecule has 0 aliphatic heterocycles. The molecule has 0 saturated carbocycles. The number of phenols is 1. The summed E-state index contributed by atoms with van der Waals surface area (Å²) in [6.45, 7) is 4.55. The fourth-order valence-electron chi connectivity index (χ4n) is 1.61. The molecule has 1 aromatic rings. The third-order valence-electron chi connectivity index (χ3n) is 2.70. The second-order valence-electron chi connectivity index (χ2n) is 3.74. The van der Waals surface area contributed by atoms with Crippen LogP contribution in [0.2, 0.25) is 0 Å². The summed E-state index contributed by atoms with van der Waals surface area (Å²) in [5.74, 6) is -0.0247. The molecule has 0 unspecified atom stereocenters. The summed E-state index contributed by atoms with van der Waals surface area (Å²) in [4.78, 5) is 13.8. The number of carbonyl (C=O) groups is 1. The summed E-state index contributed by atoms with van der Waals surface area (Å²) in [7, 11) is 0. The average Bonchev–Trinajstić information content (AvgIpc) is 2.33. The molecule has 0 bridgehead atoms. The minimum absolute atomic E-state index is 0.118. The van der Waals surface area contributed by atoms with E-state index in [2.05, 4.69) is 0 Å². The third-order valence-corrected chi connectivity index (χ3v) is 2.70. The van der Waals surface area contributed by atoms with Crippen LogP contribution in [0.3, 0.4) is 0 Å². The molecule has 4 nitrogen and oxygen atoms in total. The molecule has 1 rings (SSSR count). The van der Waals surface area contributed by atoms with Crippen LogP contribution in [-0.2, 0) is 0 Å². The minimum Gasteiger partial charge on any atom is -0.508 e. The van der Waals surface area contributed by atoms with Crippen LogP contribution < -0.4 is 0 Å². The number of hydrogen-bond donors (Lipinski definition) is 1. The zero-order valence-corrected chi connectivity index (χ0v) is 10.1. The fraction of sp³-hybridized carbons (Fsp3) is 0.385. The average molecular weight is 232 g/mol. The summed E-state index contributed by atoms with van der Waals surface area (Å²) >= 11 is 0. The van der Waals surface area contributed by atoms with Gasteiger partial charge in [-0.15, -0.1) is 0 Å². The maximum Gasteiger partial charge on any atom is 0.254 e. The molecule has 0 aromatic heterocycles. The summed E-state index contributed by atoms with van der Waals surface area (Å²) in [5, 5.41) is 18.1. The first-order valence-corrected chi connectivity index (χ1v) is 5.56. The van der Waals surface area contributed by atoms with Crippen LogP contribution in [0.25, 0.3) is 0 Å². The SMILES string of the molecule is CCN(CCC#N)C(=O)c1cccc(O)c1C. The Kier molecular flexibility index (Phi) is 4.53. The molecule has 1 N–H and O–H groups in total. The number of aromatic hydroxyl groups is 1. The number of rotatable bonds is 4. The highest BCUT2D eigenvalue weighted by molar-refractivity contribution is 5.96. The first-order chi connectivity index (χ1) is 8.11. The molecule has 1 aromatic carbocycles. The predicted molar refractivity (Wildman–Crippen MR) is 64.7 cm³/mol. The second kappa shape index (κ2) is 5.90. The molecule has 0 saturated heterocycles. The van der Waals surface area contributed by atoms with Gasteiger partial charge in [-0.2, -0.15) is 5.26 Å². The summed E-state index contributed by atoms with van der Waals surface area (Å²) in [6, 6.07) is 6.91. The quantitative estimate of drug-likeness (QED) is 0.864. The molecule has 0 aliphatic rings. The zero-order valence-electron chi connectivity index (χ0n) is 10.1. The van der Waals surface area contributed by atoms with Crippen molar-refractivity contribution in [2.75, 3.05) is 13.1 Å². The van der Waals surface area contributed by atoms with Gasteiger partial charge in [0.05, 0.1) is 12.5 Å². The number of phenolic OH excluding ortho intramolecular Hbond substituents is 1. The molecule has 0 fully saturated rings. The van der Waals surface area contributed by atoms with Gasteiger partial charge in [0.15, 0.2) is 0 Å². The van der Waals surface area contributed by atoms with Crippen LogP contribution >= 0.6 is 0 Å². The van der Waals surface area contributed by atoms with E-state index in [9.17, 15) is 9.90 Å². The summed E-state index contributed by atoms with van der Waals surface area (Å²) < 4.78 is 0. The highest BCUT2D eigenvalue weighted by Crippen LogP contribution is 2.20. The van der Waals surface area contributed by atoms with Crippen LogP contribution in [0.4, 0.5) is 0 Å². The number of hydrogen-bond acceptors (Lipinski definition) is 3. The number of benzene rings is 1. The lowest BCUT2D eigenvalue weighted by atomic mass is 10.1. The third kappa shape index (κ3) is 2.97. The molecule has 0 atom stereocenters. The largest absolute Gasteiger partial charge is 0.508 e. The number of amides is 1. The summed E-state index contributed by atoms with van der Waals surface area (Å²) in [5.41, 5.74) is 1.07. The standard InChI is InChI=1S/C13H16N2O2/c1-3-15(9-5-8-14)13(17)11-6-4-7-12(16)10(11)2/h4,6-7,16H,3,5,9H2,1-2H3. The Hall–Kier alpha value is -2.02. The van der Waals surface area contributed by atoms with E-state index in [0.717, 1.165) is 0 Å². The van der Waals surface area contributed by atoms with Crippen molar-refractivity contribution in [1.29, 1.82) is 5.26 Å². The number of nitriles is 1. The lowest BCUT2D eigenvalue weighted by Gasteiger charge is -2.20. The fourth-order valence-corrected chi connectivity index (χ4v) is 1.61. The van der Waals surface area contributed by atoms with Crippen molar-refractivity contribution in [3.63, 3.8) is 0 Å². The minimum atomic E-state index is -0.142. The van der Waals surface area contributed by atoms with E-state index < -0.39 is 0 Å². The van der Waals surface area contributed by atoms with Gasteiger partial charge >= 0.3 is 0 Å². The van der Waals surface area contributed by atoms with E-state index >= 15 is 0 Å². The Balaban J connectivity index is 2.94. The first kappa shape index (κ1) is 13.0. The first-order valence-electron chi connectivity index (χ1n) is 5.56. The van der Waals surface area contributed by atoms with E-state index in [1.54, 1.807) is 30.0 Å². The van der Waals surface area contributed by atoms with Crippen molar-refractivity contribution in [2.45, 2.75) is 20.3 Å². The van der Waals surface area contributed by atoms with Gasteiger partial charge in [0, 0.05) is 24.2 Å². The molecular formula is C13H16N2O2. The van der Waals surface area contributed by atoms with E-state index in [0.29, 0.717) is 30.6 Å². The maximum absolute atomic E-state index is 12.2. The van der Waals surface area contributed by atoms with Gasteiger partial charge in [-0.05, 0) is 26.0 Å². The van der Waals surface area contributed by atoms with Gasteiger partial charge < -0.3 is 10.0 Å². The van der Waals surface area contributed by atoms with Crippen molar-refractivity contribution in [2.24, 2.45) is 0 Å². The summed E-state index contributed by atoms with van der Waals surface area (Å²) in [6.07, 6.45) is 0.317. The van der Waals surface area contributed by atoms with Gasteiger partial charge in [-0.1, -0.05) is 6.07 Å². The van der Waals surface area contributed by atoms with Crippen molar-refractivity contribution >= 4 is 5.91 Å². The topological polar surface area (TPSA) is 64.3 Å². The van der Waals surface area contributed by atoms with Gasteiger partial charge in [0.1, 0.15) is 5.75 Å². The van der Waals surface area contributed by atoms with Gasteiger partial charge in [-0.25, -0.2) is 0 Å². The second-order valence-corrected chi connectivity index (χ2v) is 3.74. The Morgan fingerprint density at radius 2 is 2.24 bits per heavy atom. The van der Waals surface area contributed by atoms with Crippen LogP contribution in [0, 0.1) is 18.3 Å². The lowest BCUT2D eigenvalue weighted by Crippen LogP contribution is -2.32. The van der Waals surface area contributed by atoms with Crippen LogP contribution in [0.1, 0.15) is 29.3 Å². The van der Waals surface area contributed by atoms with E-state index in [-0.39, 0.29) is 11.7 Å². The Morgan fingerprint density at radius 1 is 1.53 bits per heavy atom. The Morgan fingerprint density at radius 3 is 2.82 bits per heavy atom. The predicted octanol–water partition coefficient (Wildman–Crippen LogP) is 2.08. The van der Waals surface area contributed by atoms with Crippen LogP contribution in [0.5, 0.6) is 5.75 Å². The van der Waals surface area contributed by atoms with Crippen LogP contribution in [0.15, 0.2) is 18.2 Å². The van der Waals surface area contributed by atoms with Crippen LogP contribution in [-0.4, -0.2) is 29.0 Å². The van der Waals surface area contributed by atoms with Crippen molar-refractivity contribution < 1.29 is 9.90 Å².